The number of carboxylic acid groups (broad SMARTS) is 1. The van der Waals surface area contributed by atoms with Crippen LogP contribution in [-0.2, 0) is 11.3 Å². The number of nitrogens with one attached hydrogen (secondary N) is 2. The number of aromatic nitrogens is 1. The fraction of sp³-hybridized carbons (Fsp3) is 0.474. The molecule has 7 nitrogen and oxygen atoms in total. The van der Waals surface area contributed by atoms with Gasteiger partial charge in [-0.15, -0.1) is 0 Å². The van der Waals surface area contributed by atoms with Gasteiger partial charge in [0.1, 0.15) is 5.69 Å². The molecule has 26 heavy (non-hydrogen) atoms. The van der Waals surface area contributed by atoms with Gasteiger partial charge in [-0.05, 0) is 39.3 Å². The van der Waals surface area contributed by atoms with Crippen LogP contribution in [0.3, 0.4) is 0 Å². The van der Waals surface area contributed by atoms with E-state index in [0.717, 1.165) is 16.5 Å². The van der Waals surface area contributed by atoms with Crippen molar-refractivity contribution < 1.29 is 14.7 Å². The minimum absolute atomic E-state index is 0.0477. The number of aromatic amines is 1. The first-order valence-electron chi connectivity index (χ1n) is 8.90. The van der Waals surface area contributed by atoms with Crippen molar-refractivity contribution in [2.24, 2.45) is 5.73 Å². The first kappa shape index (κ1) is 18.4. The van der Waals surface area contributed by atoms with E-state index in [0.29, 0.717) is 25.1 Å². The van der Waals surface area contributed by atoms with Crippen molar-refractivity contribution in [1.82, 2.24) is 15.2 Å². The molecule has 3 rings (SSSR count). The van der Waals surface area contributed by atoms with Gasteiger partial charge in [0.2, 0.25) is 5.91 Å². The second-order valence-electron chi connectivity index (χ2n) is 7.44. The van der Waals surface area contributed by atoms with Crippen LogP contribution in [0.2, 0.25) is 0 Å². The number of rotatable bonds is 5. The molecule has 7 heteroatoms. The molecule has 1 aliphatic rings. The predicted molar refractivity (Wildman–Crippen MR) is 100 cm³/mol. The van der Waals surface area contributed by atoms with E-state index in [2.05, 4.69) is 10.3 Å². The number of hydrogen-bond donors (Lipinski definition) is 4. The Morgan fingerprint density at radius 2 is 2.15 bits per heavy atom. The number of fused-ring (bicyclic) bond motifs is 1. The summed E-state index contributed by atoms with van der Waals surface area (Å²) >= 11 is 0. The Balaban J connectivity index is 1.96. The summed E-state index contributed by atoms with van der Waals surface area (Å²) in [5.41, 5.74) is 8.82. The Kier molecular flexibility index (Phi) is 5.02. The molecule has 2 aromatic rings. The van der Waals surface area contributed by atoms with E-state index in [1.54, 1.807) is 0 Å². The summed E-state index contributed by atoms with van der Waals surface area (Å²) in [6.07, 6.45) is 0.572. The van der Waals surface area contributed by atoms with E-state index in [-0.39, 0.29) is 29.7 Å². The molecule has 5 N–H and O–H groups in total. The maximum atomic E-state index is 12.5. The Morgan fingerprint density at radius 3 is 2.81 bits per heavy atom. The number of H-pyrrole nitrogens is 1. The van der Waals surface area contributed by atoms with Crippen LogP contribution >= 0.6 is 0 Å². The molecule has 1 aromatic heterocycles. The topological polar surface area (TPSA) is 111 Å². The van der Waals surface area contributed by atoms with E-state index in [1.807, 2.05) is 43.9 Å². The van der Waals surface area contributed by atoms with Crippen molar-refractivity contribution in [2.75, 3.05) is 6.54 Å². The second kappa shape index (κ2) is 7.09. The molecule has 2 atom stereocenters. The second-order valence-corrected chi connectivity index (χ2v) is 7.44. The molecule has 1 fully saturated rings. The monoisotopic (exact) mass is 358 g/mol. The molecule has 140 valence electrons. The molecule has 1 aliphatic heterocycles. The average molecular weight is 358 g/mol. The summed E-state index contributed by atoms with van der Waals surface area (Å²) in [6.45, 7) is 6.74. The Morgan fingerprint density at radius 1 is 1.42 bits per heavy atom. The molecule has 0 aliphatic carbocycles. The minimum Gasteiger partial charge on any atom is -0.477 e. The van der Waals surface area contributed by atoms with E-state index in [4.69, 9.17) is 5.73 Å². The molecule has 0 saturated carbocycles. The molecule has 1 amide bonds. The maximum absolute atomic E-state index is 12.5. The Labute approximate surface area is 152 Å². The van der Waals surface area contributed by atoms with E-state index in [9.17, 15) is 14.7 Å². The third-order valence-electron chi connectivity index (χ3n) is 4.81. The van der Waals surface area contributed by atoms with Crippen LogP contribution in [0, 0.1) is 6.92 Å². The number of hydrogen-bond acceptors (Lipinski definition) is 4. The number of aromatic carboxylic acids is 1. The first-order valence-corrected chi connectivity index (χ1v) is 8.90. The van der Waals surface area contributed by atoms with Crippen molar-refractivity contribution in [1.29, 1.82) is 0 Å². The van der Waals surface area contributed by atoms with Crippen molar-refractivity contribution in [3.05, 3.63) is 35.0 Å². The molecular formula is C19H26N4O3. The zero-order chi connectivity index (χ0) is 19.0. The van der Waals surface area contributed by atoms with E-state index in [1.165, 1.54) is 0 Å². The SMILES string of the molecule is Cc1ccc2[nH]c(C(=O)O)c(CN3C[C@H](N)C[C@H]3C(=O)NC(C)C)c2c1. The van der Waals surface area contributed by atoms with Gasteiger partial charge < -0.3 is 21.1 Å². The number of benzene rings is 1. The van der Waals surface area contributed by atoms with Gasteiger partial charge in [0.05, 0.1) is 6.04 Å². The van der Waals surface area contributed by atoms with Crippen LogP contribution in [0.15, 0.2) is 18.2 Å². The van der Waals surface area contributed by atoms with Gasteiger partial charge in [-0.25, -0.2) is 4.79 Å². The average Bonchev–Trinajstić information content (AvgIpc) is 3.08. The van der Waals surface area contributed by atoms with Crippen LogP contribution in [0.25, 0.3) is 10.9 Å². The largest absolute Gasteiger partial charge is 0.477 e. The van der Waals surface area contributed by atoms with E-state index >= 15 is 0 Å². The normalized spacial score (nSPS) is 20.8. The Bertz CT molecular complexity index is 843. The van der Waals surface area contributed by atoms with Crippen LogP contribution in [-0.4, -0.2) is 51.5 Å². The lowest BCUT2D eigenvalue weighted by Crippen LogP contribution is -2.45. The number of carbonyl (C=O) groups is 2. The standard InChI is InChI=1S/C19H26N4O3/c1-10(2)21-18(24)16-7-12(20)8-23(16)9-14-13-6-11(3)4-5-15(13)22-17(14)19(25)26/h4-6,10,12,16,22H,7-9,20H2,1-3H3,(H,21,24)(H,25,26)/t12-,16+/m1/s1. The number of carbonyl (C=O) groups excluding carboxylic acids is 1. The molecule has 1 saturated heterocycles. The summed E-state index contributed by atoms with van der Waals surface area (Å²) in [5.74, 6) is -1.05. The lowest BCUT2D eigenvalue weighted by molar-refractivity contribution is -0.126. The lowest BCUT2D eigenvalue weighted by Gasteiger charge is -2.24. The van der Waals surface area contributed by atoms with Gasteiger partial charge >= 0.3 is 5.97 Å². The van der Waals surface area contributed by atoms with E-state index < -0.39 is 5.97 Å². The zero-order valence-corrected chi connectivity index (χ0v) is 15.4. The third kappa shape index (κ3) is 3.59. The molecule has 0 bridgehead atoms. The first-order chi connectivity index (χ1) is 12.3. The molecule has 2 heterocycles. The van der Waals surface area contributed by atoms with Gasteiger partial charge in [-0.3, -0.25) is 9.69 Å². The molecule has 0 spiro atoms. The molecule has 0 unspecified atom stereocenters. The van der Waals surface area contributed by atoms with Crippen LogP contribution in [0.4, 0.5) is 0 Å². The highest BCUT2D eigenvalue weighted by Gasteiger charge is 2.36. The van der Waals surface area contributed by atoms with Gasteiger partial charge in [0.25, 0.3) is 0 Å². The number of nitrogens with zero attached hydrogens (tertiary/aromatic N) is 1. The predicted octanol–water partition coefficient (Wildman–Crippen LogP) is 1.60. The molecule has 1 aromatic carbocycles. The van der Waals surface area contributed by atoms with Crippen LogP contribution in [0.1, 0.15) is 41.9 Å². The number of likely N-dealkylation sites (tertiary alicyclic amines) is 1. The van der Waals surface area contributed by atoms with Gasteiger partial charge in [-0.2, -0.15) is 0 Å². The highest BCUT2D eigenvalue weighted by Crippen LogP contribution is 2.28. The smallest absolute Gasteiger partial charge is 0.352 e. The van der Waals surface area contributed by atoms with Gasteiger partial charge in [0, 0.05) is 41.6 Å². The van der Waals surface area contributed by atoms with Gasteiger partial charge in [-0.1, -0.05) is 11.6 Å². The number of aryl methyl sites for hydroxylation is 1. The number of nitrogens with two attached hydrogens (primary N) is 1. The lowest BCUT2D eigenvalue weighted by atomic mass is 10.1. The summed E-state index contributed by atoms with van der Waals surface area (Å²) in [4.78, 5) is 29.2. The van der Waals surface area contributed by atoms with Crippen LogP contribution in [0.5, 0.6) is 0 Å². The summed E-state index contributed by atoms with van der Waals surface area (Å²) in [6, 6.07) is 5.42. The van der Waals surface area contributed by atoms with Crippen LogP contribution < -0.4 is 11.1 Å². The fourth-order valence-corrected chi connectivity index (χ4v) is 3.68. The van der Waals surface area contributed by atoms with Crippen molar-refractivity contribution in [3.63, 3.8) is 0 Å². The third-order valence-corrected chi connectivity index (χ3v) is 4.81. The molecule has 0 radical (unpaired) electrons. The van der Waals surface area contributed by atoms with Crippen molar-refractivity contribution >= 4 is 22.8 Å². The quantitative estimate of drug-likeness (QED) is 0.649. The molecular weight excluding hydrogens is 332 g/mol. The Hall–Kier alpha value is -2.38. The summed E-state index contributed by atoms with van der Waals surface area (Å²) < 4.78 is 0. The summed E-state index contributed by atoms with van der Waals surface area (Å²) in [5, 5.41) is 13.4. The van der Waals surface area contributed by atoms with Crippen molar-refractivity contribution in [3.8, 4) is 0 Å². The fourth-order valence-electron chi connectivity index (χ4n) is 3.68. The highest BCUT2D eigenvalue weighted by atomic mass is 16.4. The number of amides is 1. The van der Waals surface area contributed by atoms with Crippen molar-refractivity contribution in [2.45, 2.75) is 51.9 Å². The summed E-state index contributed by atoms with van der Waals surface area (Å²) in [7, 11) is 0. The van der Waals surface area contributed by atoms with Gasteiger partial charge in [0.15, 0.2) is 0 Å². The highest BCUT2D eigenvalue weighted by molar-refractivity contribution is 5.97. The number of carboxylic acids is 1. The zero-order valence-electron chi connectivity index (χ0n) is 15.4. The maximum Gasteiger partial charge on any atom is 0.352 e. The minimum atomic E-state index is -1.000.